The van der Waals surface area contributed by atoms with E-state index >= 15 is 0 Å². The second-order valence-electron chi connectivity index (χ2n) is 5.27. The Labute approximate surface area is 123 Å². The summed E-state index contributed by atoms with van der Waals surface area (Å²) < 4.78 is 39.9. The fraction of sp³-hybridized carbons (Fsp3) is 0.600. The second kappa shape index (κ2) is 7.66. The van der Waals surface area contributed by atoms with Gasteiger partial charge in [-0.1, -0.05) is 12.1 Å². The van der Waals surface area contributed by atoms with Crippen molar-refractivity contribution in [3.05, 3.63) is 29.8 Å². The first kappa shape index (κ1) is 16.1. The second-order valence-corrected chi connectivity index (χ2v) is 5.27. The molecule has 0 saturated carbocycles. The van der Waals surface area contributed by atoms with E-state index in [1.807, 2.05) is 0 Å². The van der Waals surface area contributed by atoms with Crippen LogP contribution in [0, 0.1) is 0 Å². The molecule has 0 amide bonds. The Kier molecular flexibility index (Phi) is 5.87. The molecule has 1 aromatic carbocycles. The molecule has 1 heterocycles. The zero-order chi connectivity index (χ0) is 15.1. The number of rotatable bonds is 7. The molecular weight excluding hydrogens is 281 g/mol. The molecule has 1 aliphatic rings. The van der Waals surface area contributed by atoms with Crippen LogP contribution in [0.2, 0.25) is 0 Å². The van der Waals surface area contributed by atoms with Gasteiger partial charge >= 0.3 is 6.36 Å². The molecule has 0 unspecified atom stereocenters. The zero-order valence-electron chi connectivity index (χ0n) is 12.0. The van der Waals surface area contributed by atoms with Crippen LogP contribution in [0.5, 0.6) is 5.75 Å². The molecule has 6 heteroatoms. The molecule has 21 heavy (non-hydrogen) atoms. The molecule has 0 bridgehead atoms. The van der Waals surface area contributed by atoms with E-state index in [1.54, 1.807) is 12.1 Å². The van der Waals surface area contributed by atoms with E-state index < -0.39 is 6.36 Å². The molecule has 2 rings (SSSR count). The lowest BCUT2D eigenvalue weighted by molar-refractivity contribution is -0.274. The van der Waals surface area contributed by atoms with Crippen LogP contribution >= 0.6 is 0 Å². The number of hydrogen-bond donors (Lipinski definition) is 1. The molecule has 0 atom stereocenters. The summed E-state index contributed by atoms with van der Waals surface area (Å²) in [7, 11) is 0. The molecule has 0 radical (unpaired) electrons. The number of benzene rings is 1. The van der Waals surface area contributed by atoms with Gasteiger partial charge in [0.2, 0.25) is 0 Å². The van der Waals surface area contributed by atoms with Crippen LogP contribution < -0.4 is 10.1 Å². The van der Waals surface area contributed by atoms with Crippen molar-refractivity contribution >= 4 is 0 Å². The van der Waals surface area contributed by atoms with Gasteiger partial charge in [-0.15, -0.1) is 13.2 Å². The fourth-order valence-electron chi connectivity index (χ4n) is 2.48. The zero-order valence-corrected chi connectivity index (χ0v) is 12.0. The van der Waals surface area contributed by atoms with Crippen molar-refractivity contribution in [1.29, 1.82) is 0 Å². The quantitative estimate of drug-likeness (QED) is 0.783. The average molecular weight is 302 g/mol. The van der Waals surface area contributed by atoms with Crippen molar-refractivity contribution in [2.24, 2.45) is 0 Å². The van der Waals surface area contributed by atoms with E-state index in [9.17, 15) is 13.2 Å². The monoisotopic (exact) mass is 302 g/mol. The molecule has 0 aliphatic carbocycles. The Morgan fingerprint density at radius 2 is 1.76 bits per heavy atom. The van der Waals surface area contributed by atoms with Gasteiger partial charge < -0.3 is 15.0 Å². The summed E-state index contributed by atoms with van der Waals surface area (Å²) in [5.41, 5.74) is 0.950. The lowest BCUT2D eigenvalue weighted by Gasteiger charge is -2.14. The molecule has 118 valence electrons. The summed E-state index contributed by atoms with van der Waals surface area (Å²) >= 11 is 0. The molecule has 1 aromatic rings. The van der Waals surface area contributed by atoms with Gasteiger partial charge in [-0.3, -0.25) is 0 Å². The Bertz CT molecular complexity index is 414. The van der Waals surface area contributed by atoms with E-state index in [2.05, 4.69) is 15.0 Å². The predicted octanol–water partition coefficient (Wildman–Crippen LogP) is 3.16. The first-order chi connectivity index (χ1) is 10.0. The maximum absolute atomic E-state index is 12.0. The standard InChI is InChI=1S/C15H21F3N2O/c16-15(17,18)21-14-6-4-13(5-7-14)12-19-8-3-11-20-9-1-2-10-20/h4-7,19H,1-3,8-12H2. The van der Waals surface area contributed by atoms with Gasteiger partial charge in [-0.2, -0.15) is 0 Å². The van der Waals surface area contributed by atoms with Crippen molar-refractivity contribution in [2.45, 2.75) is 32.2 Å². The molecule has 1 fully saturated rings. The average Bonchev–Trinajstić information content (AvgIpc) is 2.92. The smallest absolute Gasteiger partial charge is 0.406 e. The molecule has 0 aromatic heterocycles. The van der Waals surface area contributed by atoms with Crippen LogP contribution in [-0.4, -0.2) is 37.4 Å². The van der Waals surface area contributed by atoms with Crippen molar-refractivity contribution < 1.29 is 17.9 Å². The highest BCUT2D eigenvalue weighted by Gasteiger charge is 2.30. The SMILES string of the molecule is FC(F)(F)Oc1ccc(CNCCCN2CCCC2)cc1. The van der Waals surface area contributed by atoms with Crippen LogP contribution in [0.15, 0.2) is 24.3 Å². The van der Waals surface area contributed by atoms with E-state index in [1.165, 1.54) is 38.1 Å². The minimum Gasteiger partial charge on any atom is -0.406 e. The first-order valence-corrected chi connectivity index (χ1v) is 7.31. The largest absolute Gasteiger partial charge is 0.573 e. The Morgan fingerprint density at radius 1 is 1.10 bits per heavy atom. The summed E-state index contributed by atoms with van der Waals surface area (Å²) in [5.74, 6) is -0.180. The van der Waals surface area contributed by atoms with Gasteiger partial charge in [-0.25, -0.2) is 0 Å². The number of hydrogen-bond acceptors (Lipinski definition) is 3. The first-order valence-electron chi connectivity index (χ1n) is 7.31. The molecule has 1 aliphatic heterocycles. The third-order valence-corrected chi connectivity index (χ3v) is 3.51. The van der Waals surface area contributed by atoms with Crippen LogP contribution in [0.1, 0.15) is 24.8 Å². The molecule has 1 saturated heterocycles. The van der Waals surface area contributed by atoms with Crippen molar-refractivity contribution in [2.75, 3.05) is 26.2 Å². The van der Waals surface area contributed by atoms with Crippen LogP contribution in [-0.2, 0) is 6.54 Å². The Hall–Kier alpha value is -1.27. The minimum atomic E-state index is -4.63. The maximum Gasteiger partial charge on any atom is 0.573 e. The van der Waals surface area contributed by atoms with Gasteiger partial charge in [-0.05, 0) is 63.1 Å². The van der Waals surface area contributed by atoms with Gasteiger partial charge in [0.15, 0.2) is 0 Å². The number of likely N-dealkylation sites (tertiary alicyclic amines) is 1. The maximum atomic E-state index is 12.0. The van der Waals surface area contributed by atoms with Crippen molar-refractivity contribution in [1.82, 2.24) is 10.2 Å². The number of nitrogens with zero attached hydrogens (tertiary/aromatic N) is 1. The normalized spacial score (nSPS) is 16.3. The fourth-order valence-corrected chi connectivity index (χ4v) is 2.48. The Balaban J connectivity index is 1.62. The third kappa shape index (κ3) is 6.35. The van der Waals surface area contributed by atoms with Crippen molar-refractivity contribution in [3.8, 4) is 5.75 Å². The summed E-state index contributed by atoms with van der Waals surface area (Å²) in [6.07, 6.45) is -0.926. The highest BCUT2D eigenvalue weighted by molar-refractivity contribution is 5.27. The van der Waals surface area contributed by atoms with Gasteiger partial charge in [0, 0.05) is 6.54 Å². The molecule has 0 spiro atoms. The lowest BCUT2D eigenvalue weighted by atomic mass is 10.2. The van der Waals surface area contributed by atoms with E-state index in [4.69, 9.17) is 0 Å². The Morgan fingerprint density at radius 3 is 2.38 bits per heavy atom. The van der Waals surface area contributed by atoms with E-state index in [0.29, 0.717) is 6.54 Å². The minimum absolute atomic E-state index is 0.180. The van der Waals surface area contributed by atoms with Crippen LogP contribution in [0.3, 0.4) is 0 Å². The van der Waals surface area contributed by atoms with Crippen molar-refractivity contribution in [3.63, 3.8) is 0 Å². The van der Waals surface area contributed by atoms with Gasteiger partial charge in [0.1, 0.15) is 5.75 Å². The van der Waals surface area contributed by atoms with Crippen LogP contribution in [0.4, 0.5) is 13.2 Å². The number of nitrogens with one attached hydrogen (secondary N) is 1. The van der Waals surface area contributed by atoms with Gasteiger partial charge in [0.05, 0.1) is 0 Å². The lowest BCUT2D eigenvalue weighted by Crippen LogP contribution is -2.24. The number of halogens is 3. The summed E-state index contributed by atoms with van der Waals surface area (Å²) in [6.45, 7) is 5.11. The van der Waals surface area contributed by atoms with Crippen LogP contribution in [0.25, 0.3) is 0 Å². The van der Waals surface area contributed by atoms with Gasteiger partial charge in [0.25, 0.3) is 0 Å². The summed E-state index contributed by atoms with van der Waals surface area (Å²) in [4.78, 5) is 2.46. The molecular formula is C15H21F3N2O. The topological polar surface area (TPSA) is 24.5 Å². The van der Waals surface area contributed by atoms with E-state index in [-0.39, 0.29) is 5.75 Å². The molecule has 1 N–H and O–H groups in total. The highest BCUT2D eigenvalue weighted by Crippen LogP contribution is 2.22. The summed E-state index contributed by atoms with van der Waals surface area (Å²) in [5, 5.41) is 3.30. The highest BCUT2D eigenvalue weighted by atomic mass is 19.4. The number of alkyl halides is 3. The predicted molar refractivity (Wildman–Crippen MR) is 75.1 cm³/mol. The third-order valence-electron chi connectivity index (χ3n) is 3.51. The number of ether oxygens (including phenoxy) is 1. The van der Waals surface area contributed by atoms with E-state index in [0.717, 1.165) is 25.1 Å². The summed E-state index contributed by atoms with van der Waals surface area (Å²) in [6, 6.07) is 5.98. The molecule has 3 nitrogen and oxygen atoms in total.